The molecule has 0 bridgehead atoms. The number of halogens is 2. The van der Waals surface area contributed by atoms with Crippen molar-refractivity contribution in [2.45, 2.75) is 19.8 Å². The summed E-state index contributed by atoms with van der Waals surface area (Å²) in [5, 5.41) is 15.0. The number of hydrogen-bond donors (Lipinski definition) is 3. The van der Waals surface area contributed by atoms with Gasteiger partial charge in [-0.3, -0.25) is 4.79 Å². The second kappa shape index (κ2) is 7.21. The van der Waals surface area contributed by atoms with Crippen LogP contribution in [-0.4, -0.2) is 17.0 Å². The van der Waals surface area contributed by atoms with Crippen molar-refractivity contribution in [3.8, 4) is 0 Å². The number of nitrogens with two attached hydrogens (primary N) is 1. The molecule has 5 nitrogen and oxygen atoms in total. The highest BCUT2D eigenvalue weighted by molar-refractivity contribution is 6.42. The van der Waals surface area contributed by atoms with Crippen molar-refractivity contribution in [1.29, 1.82) is 0 Å². The van der Waals surface area contributed by atoms with Gasteiger partial charge in [-0.2, -0.15) is 0 Å². The molecular weight excluding hydrogens is 289 g/mol. The monoisotopic (exact) mass is 303 g/mol. The normalized spacial score (nSPS) is 13.1. The van der Waals surface area contributed by atoms with E-state index in [1.165, 1.54) is 6.07 Å². The van der Waals surface area contributed by atoms with E-state index in [9.17, 15) is 4.79 Å². The number of nitrogens with zero attached hydrogens (tertiary/aromatic N) is 1. The van der Waals surface area contributed by atoms with Crippen molar-refractivity contribution in [1.82, 2.24) is 0 Å². The second-order valence-electron chi connectivity index (χ2n) is 3.98. The third kappa shape index (κ3) is 4.29. The molecule has 0 fully saturated rings. The zero-order chi connectivity index (χ0) is 14.4. The average Bonchev–Trinajstić information content (AvgIpc) is 2.39. The summed E-state index contributed by atoms with van der Waals surface area (Å²) in [4.78, 5) is 12.0. The van der Waals surface area contributed by atoms with Gasteiger partial charge in [-0.1, -0.05) is 41.7 Å². The molecule has 0 saturated heterocycles. The Kier molecular flexibility index (Phi) is 5.92. The van der Waals surface area contributed by atoms with E-state index in [0.29, 0.717) is 22.2 Å². The third-order valence-corrected chi connectivity index (χ3v) is 3.29. The van der Waals surface area contributed by atoms with Crippen LogP contribution in [0.3, 0.4) is 0 Å². The van der Waals surface area contributed by atoms with E-state index in [-0.39, 0.29) is 11.7 Å². The highest BCUT2D eigenvalue weighted by atomic mass is 35.5. The molecular formula is C12H15Cl2N3O2. The summed E-state index contributed by atoms with van der Waals surface area (Å²) in [5.41, 5.74) is 6.01. The Hall–Kier alpha value is -1.46. The Morgan fingerprint density at radius 3 is 2.68 bits per heavy atom. The molecule has 1 amide bonds. The van der Waals surface area contributed by atoms with Crippen LogP contribution in [0.25, 0.3) is 0 Å². The zero-order valence-electron chi connectivity index (χ0n) is 10.4. The SMILES string of the molecule is CCCC(C(=O)Nc1ccc(Cl)c(Cl)c1)C(N)=NO. The first-order valence-corrected chi connectivity index (χ1v) is 6.48. The molecule has 0 heterocycles. The molecule has 1 rings (SSSR count). The van der Waals surface area contributed by atoms with Crippen LogP contribution >= 0.6 is 23.2 Å². The number of rotatable bonds is 5. The molecule has 4 N–H and O–H groups in total. The van der Waals surface area contributed by atoms with Crippen LogP contribution in [0.4, 0.5) is 5.69 Å². The van der Waals surface area contributed by atoms with Crippen LogP contribution in [-0.2, 0) is 4.79 Å². The van der Waals surface area contributed by atoms with Gasteiger partial charge in [0.2, 0.25) is 5.91 Å². The summed E-state index contributed by atoms with van der Waals surface area (Å²) in [6, 6.07) is 4.75. The number of carbonyl (C=O) groups is 1. The summed E-state index contributed by atoms with van der Waals surface area (Å²) < 4.78 is 0. The van der Waals surface area contributed by atoms with E-state index >= 15 is 0 Å². The lowest BCUT2D eigenvalue weighted by atomic mass is 10.0. The molecule has 0 spiro atoms. The number of carbonyl (C=O) groups excluding carboxylic acids is 1. The Bertz CT molecular complexity index is 492. The standard InChI is InChI=1S/C12H15Cl2N3O2/c1-2-3-8(11(15)17-19)12(18)16-7-4-5-9(13)10(14)6-7/h4-6,8,19H,2-3H2,1H3,(H2,15,17)(H,16,18). The van der Waals surface area contributed by atoms with Crippen molar-refractivity contribution in [3.05, 3.63) is 28.2 Å². The van der Waals surface area contributed by atoms with Gasteiger partial charge in [-0.25, -0.2) is 0 Å². The predicted octanol–water partition coefficient (Wildman–Crippen LogP) is 3.09. The fourth-order valence-corrected chi connectivity index (χ4v) is 1.87. The van der Waals surface area contributed by atoms with Crippen LogP contribution in [0.2, 0.25) is 10.0 Å². The van der Waals surface area contributed by atoms with Crippen LogP contribution in [0.5, 0.6) is 0 Å². The van der Waals surface area contributed by atoms with Crippen molar-refractivity contribution in [2.24, 2.45) is 16.8 Å². The minimum Gasteiger partial charge on any atom is -0.409 e. The van der Waals surface area contributed by atoms with Crippen molar-refractivity contribution < 1.29 is 10.0 Å². The topological polar surface area (TPSA) is 87.7 Å². The number of amidine groups is 1. The second-order valence-corrected chi connectivity index (χ2v) is 4.80. The number of nitrogens with one attached hydrogen (secondary N) is 1. The molecule has 19 heavy (non-hydrogen) atoms. The summed E-state index contributed by atoms with van der Waals surface area (Å²) >= 11 is 11.6. The van der Waals surface area contributed by atoms with Gasteiger partial charge in [0.15, 0.2) is 5.84 Å². The molecule has 0 aromatic heterocycles. The molecule has 1 unspecified atom stereocenters. The Labute approximate surface area is 121 Å². The number of anilines is 1. The Morgan fingerprint density at radius 2 is 2.16 bits per heavy atom. The predicted molar refractivity (Wildman–Crippen MR) is 76.9 cm³/mol. The van der Waals surface area contributed by atoms with Gasteiger partial charge < -0.3 is 16.3 Å². The van der Waals surface area contributed by atoms with Crippen molar-refractivity contribution in [3.63, 3.8) is 0 Å². The van der Waals surface area contributed by atoms with Crippen LogP contribution in [0.15, 0.2) is 23.4 Å². The maximum absolute atomic E-state index is 12.0. The molecule has 0 aliphatic rings. The van der Waals surface area contributed by atoms with Gasteiger partial charge in [0.05, 0.1) is 16.0 Å². The highest BCUT2D eigenvalue weighted by Gasteiger charge is 2.22. The average molecular weight is 304 g/mol. The summed E-state index contributed by atoms with van der Waals surface area (Å²) in [6.45, 7) is 1.91. The number of oxime groups is 1. The van der Waals surface area contributed by atoms with E-state index in [0.717, 1.165) is 6.42 Å². The summed E-state index contributed by atoms with van der Waals surface area (Å²) in [6.07, 6.45) is 1.22. The van der Waals surface area contributed by atoms with Gasteiger partial charge in [0.25, 0.3) is 0 Å². The summed E-state index contributed by atoms with van der Waals surface area (Å²) in [5.74, 6) is -1.14. The fraction of sp³-hybridized carbons (Fsp3) is 0.333. The lowest BCUT2D eigenvalue weighted by molar-refractivity contribution is -0.118. The molecule has 0 aliphatic carbocycles. The van der Waals surface area contributed by atoms with Gasteiger partial charge in [0, 0.05) is 5.69 Å². The maximum atomic E-state index is 12.0. The van der Waals surface area contributed by atoms with E-state index < -0.39 is 5.92 Å². The number of benzene rings is 1. The molecule has 1 aromatic carbocycles. The van der Waals surface area contributed by atoms with Crippen molar-refractivity contribution >= 4 is 40.6 Å². The van der Waals surface area contributed by atoms with Gasteiger partial charge in [-0.15, -0.1) is 0 Å². The fourth-order valence-electron chi connectivity index (χ4n) is 1.57. The van der Waals surface area contributed by atoms with Gasteiger partial charge >= 0.3 is 0 Å². The molecule has 0 aliphatic heterocycles. The van der Waals surface area contributed by atoms with Gasteiger partial charge in [0.1, 0.15) is 0 Å². The molecule has 7 heteroatoms. The lowest BCUT2D eigenvalue weighted by Gasteiger charge is -2.14. The quantitative estimate of drug-likeness (QED) is 0.338. The number of hydrogen-bond acceptors (Lipinski definition) is 3. The van der Waals surface area contributed by atoms with E-state index in [1.807, 2.05) is 6.92 Å². The van der Waals surface area contributed by atoms with Crippen molar-refractivity contribution in [2.75, 3.05) is 5.32 Å². The molecule has 0 radical (unpaired) electrons. The smallest absolute Gasteiger partial charge is 0.235 e. The molecule has 0 saturated carbocycles. The highest BCUT2D eigenvalue weighted by Crippen LogP contribution is 2.25. The Balaban J connectivity index is 2.84. The minimum atomic E-state index is -0.676. The first-order valence-electron chi connectivity index (χ1n) is 5.73. The third-order valence-electron chi connectivity index (χ3n) is 2.55. The molecule has 1 aromatic rings. The maximum Gasteiger partial charge on any atom is 0.235 e. The largest absolute Gasteiger partial charge is 0.409 e. The first-order chi connectivity index (χ1) is 8.99. The first kappa shape index (κ1) is 15.6. The van der Waals surface area contributed by atoms with Crippen LogP contribution in [0.1, 0.15) is 19.8 Å². The van der Waals surface area contributed by atoms with E-state index in [1.54, 1.807) is 12.1 Å². The summed E-state index contributed by atoms with van der Waals surface area (Å²) in [7, 11) is 0. The van der Waals surface area contributed by atoms with Crippen LogP contribution in [0, 0.1) is 5.92 Å². The molecule has 104 valence electrons. The van der Waals surface area contributed by atoms with Gasteiger partial charge in [-0.05, 0) is 24.6 Å². The van der Waals surface area contributed by atoms with Crippen LogP contribution < -0.4 is 11.1 Å². The van der Waals surface area contributed by atoms with E-state index in [2.05, 4.69) is 10.5 Å². The minimum absolute atomic E-state index is 0.112. The van der Waals surface area contributed by atoms with E-state index in [4.69, 9.17) is 34.1 Å². The Morgan fingerprint density at radius 1 is 1.47 bits per heavy atom. The zero-order valence-corrected chi connectivity index (χ0v) is 11.9. The molecule has 1 atom stereocenters. The lowest BCUT2D eigenvalue weighted by Crippen LogP contribution is -2.34. The number of amides is 1.